The van der Waals surface area contributed by atoms with Crippen LogP contribution in [0.2, 0.25) is 5.02 Å². The molecule has 0 bridgehead atoms. The van der Waals surface area contributed by atoms with Crippen LogP contribution in [0, 0.1) is 11.8 Å². The predicted octanol–water partition coefficient (Wildman–Crippen LogP) is 1.97. The molecule has 0 radical (unpaired) electrons. The van der Waals surface area contributed by atoms with E-state index < -0.39 is 18.4 Å². The van der Waals surface area contributed by atoms with Crippen LogP contribution in [0.25, 0.3) is 0 Å². The summed E-state index contributed by atoms with van der Waals surface area (Å²) in [5.41, 5.74) is 0. The first-order valence-electron chi connectivity index (χ1n) is 10.5. The van der Waals surface area contributed by atoms with E-state index in [2.05, 4.69) is 5.32 Å². The Bertz CT molecular complexity index is 713. The van der Waals surface area contributed by atoms with E-state index in [0.717, 1.165) is 32.1 Å². The average molecular weight is 464 g/mol. The number of rotatable bonds is 9. The second-order valence-corrected chi connectivity index (χ2v) is 8.18. The predicted molar refractivity (Wildman–Crippen MR) is 113 cm³/mol. The molecule has 1 aliphatic carbocycles. The molecule has 2 rings (SSSR count). The number of hydrogen-bond acceptors (Lipinski definition) is 6. The summed E-state index contributed by atoms with van der Waals surface area (Å²) in [6, 6.07) is 6.48. The summed E-state index contributed by atoms with van der Waals surface area (Å²) in [6.07, 6.45) is 3.73. The zero-order valence-corrected chi connectivity index (χ0v) is 21.3. The van der Waals surface area contributed by atoms with Crippen LogP contribution in [0.1, 0.15) is 60.2 Å². The van der Waals surface area contributed by atoms with Gasteiger partial charge < -0.3 is 21.0 Å². The van der Waals surface area contributed by atoms with Gasteiger partial charge in [0.05, 0.1) is 5.92 Å². The Kier molecular flexibility index (Phi) is 13.2. The van der Waals surface area contributed by atoms with Crippen molar-refractivity contribution in [2.24, 2.45) is 11.8 Å². The van der Waals surface area contributed by atoms with Crippen LogP contribution in [0.5, 0.6) is 5.75 Å². The molecule has 1 aromatic carbocycles. The van der Waals surface area contributed by atoms with E-state index in [0.29, 0.717) is 17.2 Å². The van der Waals surface area contributed by atoms with Gasteiger partial charge >= 0.3 is 47.6 Å². The molecule has 1 fully saturated rings. The van der Waals surface area contributed by atoms with Gasteiger partial charge in [0.15, 0.2) is 0 Å². The summed E-state index contributed by atoms with van der Waals surface area (Å²) in [5.74, 6) is -0.576. The number of alkyl carbamates (subject to hydrolysis) is 1. The first-order chi connectivity index (χ1) is 14.3. The van der Waals surface area contributed by atoms with Crippen molar-refractivity contribution in [3.05, 3.63) is 29.3 Å². The molecule has 1 saturated carbocycles. The van der Waals surface area contributed by atoms with E-state index in [9.17, 15) is 14.4 Å². The number of esters is 2. The van der Waals surface area contributed by atoms with Gasteiger partial charge in [-0.05, 0) is 43.5 Å². The zero-order chi connectivity index (χ0) is 21.9. The summed E-state index contributed by atoms with van der Waals surface area (Å²) in [4.78, 5) is 36.2. The molecular formula is C22H31ClNNaO6. The Hall–Kier alpha value is -1.28. The van der Waals surface area contributed by atoms with Gasteiger partial charge in [-0.3, -0.25) is 9.59 Å². The molecule has 0 aliphatic heterocycles. The maximum absolute atomic E-state index is 12.3. The summed E-state index contributed by atoms with van der Waals surface area (Å²) >= 11 is 5.78. The molecule has 31 heavy (non-hydrogen) atoms. The third-order valence-electron chi connectivity index (χ3n) is 4.81. The fourth-order valence-corrected chi connectivity index (χ4v) is 3.23. The van der Waals surface area contributed by atoms with E-state index in [1.165, 1.54) is 0 Å². The third kappa shape index (κ3) is 10.7. The number of amides is 1. The summed E-state index contributed by atoms with van der Waals surface area (Å²) < 4.78 is 15.9. The van der Waals surface area contributed by atoms with E-state index in [1.807, 2.05) is 13.8 Å². The molecular weight excluding hydrogens is 433 g/mol. The van der Waals surface area contributed by atoms with E-state index in [4.69, 9.17) is 25.8 Å². The van der Waals surface area contributed by atoms with E-state index in [-0.39, 0.29) is 61.8 Å². The van der Waals surface area contributed by atoms with Crippen molar-refractivity contribution in [2.75, 3.05) is 6.54 Å². The molecule has 168 valence electrons. The van der Waals surface area contributed by atoms with Crippen molar-refractivity contribution in [1.29, 1.82) is 0 Å². The molecule has 1 atom stereocenters. The largest absolute Gasteiger partial charge is 1.00 e. The van der Waals surface area contributed by atoms with Gasteiger partial charge in [-0.1, -0.05) is 44.7 Å². The minimum Gasteiger partial charge on any atom is -1.00 e. The SMILES string of the molecule is CC(C)C(OC(=O)NCCCC(=O)Oc1ccc(Cl)cc1)OC(=O)C1CCCCC1.[H-].[Na+]. The molecule has 7 nitrogen and oxygen atoms in total. The summed E-state index contributed by atoms with van der Waals surface area (Å²) in [6.45, 7) is 3.87. The maximum atomic E-state index is 12.3. The van der Waals surface area contributed by atoms with Crippen LogP contribution in [0.15, 0.2) is 24.3 Å². The number of carbonyl (C=O) groups excluding carboxylic acids is 3. The Morgan fingerprint density at radius 1 is 1.10 bits per heavy atom. The molecule has 1 unspecified atom stereocenters. The molecule has 0 saturated heterocycles. The summed E-state index contributed by atoms with van der Waals surface area (Å²) in [5, 5.41) is 3.13. The molecule has 1 N–H and O–H groups in total. The number of ether oxygens (including phenoxy) is 3. The number of nitrogens with one attached hydrogen (secondary N) is 1. The summed E-state index contributed by atoms with van der Waals surface area (Å²) in [7, 11) is 0. The topological polar surface area (TPSA) is 90.9 Å². The number of hydrogen-bond donors (Lipinski definition) is 1. The van der Waals surface area contributed by atoms with Gasteiger partial charge in [-0.2, -0.15) is 0 Å². The first kappa shape index (κ1) is 27.8. The standard InChI is InChI=1S/C22H30ClNO6.Na.H/c1-15(2)21(29-20(26)16-7-4-3-5-8-16)30-22(27)24-14-6-9-19(25)28-18-12-10-17(23)11-13-18;;/h10-13,15-16,21H,3-9,14H2,1-2H3,(H,24,27);;/q;+1;-1. The van der Waals surface area contributed by atoms with Crippen LogP contribution in [0.3, 0.4) is 0 Å². The fraction of sp³-hybridized carbons (Fsp3) is 0.591. The number of halogens is 1. The van der Waals surface area contributed by atoms with E-state index in [1.54, 1.807) is 24.3 Å². The quantitative estimate of drug-likeness (QED) is 0.198. The molecule has 0 heterocycles. The number of carbonyl (C=O) groups is 3. The van der Waals surface area contributed by atoms with Crippen molar-refractivity contribution in [1.82, 2.24) is 5.32 Å². The van der Waals surface area contributed by atoms with Crippen molar-refractivity contribution in [2.45, 2.75) is 65.1 Å². The number of benzene rings is 1. The second-order valence-electron chi connectivity index (χ2n) is 7.75. The molecule has 0 spiro atoms. The Labute approximate surface area is 212 Å². The van der Waals surface area contributed by atoms with Crippen molar-refractivity contribution in [3.63, 3.8) is 0 Å². The second kappa shape index (κ2) is 14.7. The molecule has 1 aromatic rings. The van der Waals surface area contributed by atoms with Gasteiger partial charge in [-0.15, -0.1) is 0 Å². The van der Waals surface area contributed by atoms with Gasteiger partial charge in [0.25, 0.3) is 6.29 Å². The Balaban J connectivity index is 0.00000480. The molecule has 9 heteroatoms. The van der Waals surface area contributed by atoms with Crippen molar-refractivity contribution >= 4 is 29.6 Å². The van der Waals surface area contributed by atoms with Crippen molar-refractivity contribution in [3.8, 4) is 5.75 Å². The maximum Gasteiger partial charge on any atom is 1.00 e. The molecule has 1 amide bonds. The van der Waals surface area contributed by atoms with Gasteiger partial charge in [0.1, 0.15) is 5.75 Å². The van der Waals surface area contributed by atoms with Gasteiger partial charge in [0.2, 0.25) is 0 Å². The van der Waals surface area contributed by atoms with Gasteiger partial charge in [0, 0.05) is 23.9 Å². The minimum atomic E-state index is -0.936. The van der Waals surface area contributed by atoms with Crippen LogP contribution in [0.4, 0.5) is 4.79 Å². The van der Waals surface area contributed by atoms with E-state index >= 15 is 0 Å². The van der Waals surface area contributed by atoms with Crippen molar-refractivity contribution < 1.29 is 59.6 Å². The smallest absolute Gasteiger partial charge is 1.00 e. The Morgan fingerprint density at radius 3 is 2.35 bits per heavy atom. The van der Waals surface area contributed by atoms with Crippen LogP contribution in [-0.4, -0.2) is 30.9 Å². The first-order valence-corrected chi connectivity index (χ1v) is 10.8. The van der Waals surface area contributed by atoms with Crippen LogP contribution < -0.4 is 39.6 Å². The zero-order valence-electron chi connectivity index (χ0n) is 19.5. The van der Waals surface area contributed by atoms with Crippen LogP contribution >= 0.6 is 11.6 Å². The minimum absolute atomic E-state index is 0. The van der Waals surface area contributed by atoms with Gasteiger partial charge in [-0.25, -0.2) is 4.79 Å². The third-order valence-corrected chi connectivity index (χ3v) is 5.06. The average Bonchev–Trinajstić information content (AvgIpc) is 2.73. The van der Waals surface area contributed by atoms with Crippen LogP contribution in [-0.2, 0) is 19.1 Å². The molecule has 0 aromatic heterocycles. The molecule has 1 aliphatic rings. The Morgan fingerprint density at radius 2 is 1.74 bits per heavy atom. The monoisotopic (exact) mass is 463 g/mol. The normalized spacial score (nSPS) is 14.8. The fourth-order valence-electron chi connectivity index (χ4n) is 3.10.